The summed E-state index contributed by atoms with van der Waals surface area (Å²) < 4.78 is 11.0. The van der Waals surface area contributed by atoms with Crippen LogP contribution in [0.4, 0.5) is 11.6 Å². The number of anilines is 1. The number of hydrogen-bond acceptors (Lipinski definition) is 4. The number of nitrogens with zero attached hydrogens (tertiary/aromatic N) is 4. The monoisotopic (exact) mass is 691 g/mol. The molecule has 0 fully saturated rings. The van der Waals surface area contributed by atoms with Crippen molar-refractivity contribution in [3.05, 3.63) is 174 Å². The highest BCUT2D eigenvalue weighted by atomic mass is 16.3. The normalized spacial score (nSPS) is 14.4. The second-order valence-electron chi connectivity index (χ2n) is 14.5. The first kappa shape index (κ1) is 28.4. The van der Waals surface area contributed by atoms with Crippen molar-refractivity contribution in [2.75, 3.05) is 11.9 Å². The van der Waals surface area contributed by atoms with Gasteiger partial charge in [-0.2, -0.15) is 0 Å². The molecule has 54 heavy (non-hydrogen) atoms. The van der Waals surface area contributed by atoms with Gasteiger partial charge >= 0.3 is 0 Å². The molecule has 3 aliphatic rings. The number of furan rings is 1. The molecule has 6 heteroatoms. The summed E-state index contributed by atoms with van der Waals surface area (Å²) in [7, 11) is 0. The van der Waals surface area contributed by atoms with Crippen molar-refractivity contribution in [1.29, 1.82) is 0 Å². The van der Waals surface area contributed by atoms with Crippen LogP contribution in [0.15, 0.2) is 161 Å². The second-order valence-corrected chi connectivity index (χ2v) is 14.5. The summed E-state index contributed by atoms with van der Waals surface area (Å²) in [5.74, 6) is 1.82. The van der Waals surface area contributed by atoms with Crippen LogP contribution in [0, 0.1) is 0 Å². The number of hydrogen-bond donors (Lipinski definition) is 1. The number of aromatic nitrogens is 3. The highest BCUT2D eigenvalue weighted by Crippen LogP contribution is 2.64. The molecule has 5 heterocycles. The molecule has 0 saturated heterocycles. The van der Waals surface area contributed by atoms with E-state index in [0.29, 0.717) is 6.54 Å². The number of aliphatic imine (C=N–C) groups is 1. The average Bonchev–Trinajstić information content (AvgIpc) is 4.05. The summed E-state index contributed by atoms with van der Waals surface area (Å²) >= 11 is 0. The van der Waals surface area contributed by atoms with Crippen LogP contribution in [-0.2, 0) is 5.41 Å². The summed E-state index contributed by atoms with van der Waals surface area (Å²) in [6.07, 6.45) is 3.98. The zero-order valence-corrected chi connectivity index (χ0v) is 28.9. The first-order chi connectivity index (χ1) is 26.8. The van der Waals surface area contributed by atoms with Gasteiger partial charge in [-0.25, -0.2) is 9.98 Å². The molecular formula is C48H29N5O. The van der Waals surface area contributed by atoms with Crippen molar-refractivity contribution >= 4 is 51.0 Å². The minimum absolute atomic E-state index is 0.450. The fourth-order valence-electron chi connectivity index (χ4n) is 9.94. The Balaban J connectivity index is 1.05. The third kappa shape index (κ3) is 3.33. The van der Waals surface area contributed by atoms with Gasteiger partial charge in [0.25, 0.3) is 0 Å². The van der Waals surface area contributed by atoms with Gasteiger partial charge in [-0.1, -0.05) is 133 Å². The van der Waals surface area contributed by atoms with Crippen LogP contribution in [0.5, 0.6) is 0 Å². The topological polar surface area (TPSA) is 59.2 Å². The molecule has 13 rings (SSSR count). The average molecular weight is 692 g/mol. The lowest BCUT2D eigenvalue weighted by Gasteiger charge is -2.29. The van der Waals surface area contributed by atoms with E-state index < -0.39 is 5.41 Å². The van der Waals surface area contributed by atoms with Crippen molar-refractivity contribution in [2.45, 2.75) is 5.41 Å². The van der Waals surface area contributed by atoms with E-state index in [1.54, 1.807) is 0 Å². The van der Waals surface area contributed by atoms with Crippen LogP contribution in [-0.4, -0.2) is 26.5 Å². The zero-order valence-electron chi connectivity index (χ0n) is 28.9. The molecule has 0 bridgehead atoms. The van der Waals surface area contributed by atoms with Crippen molar-refractivity contribution < 1.29 is 4.42 Å². The van der Waals surface area contributed by atoms with E-state index in [1.165, 1.54) is 44.6 Å². The Kier molecular flexibility index (Phi) is 5.27. The first-order valence-corrected chi connectivity index (χ1v) is 18.5. The third-order valence-electron chi connectivity index (χ3n) is 12.1. The summed E-state index contributed by atoms with van der Waals surface area (Å²) in [5, 5.41) is 5.97. The van der Waals surface area contributed by atoms with Gasteiger partial charge in [0, 0.05) is 33.7 Å². The maximum absolute atomic E-state index is 6.38. The molecule has 4 aromatic heterocycles. The van der Waals surface area contributed by atoms with Crippen molar-refractivity contribution in [3.63, 3.8) is 0 Å². The molecule has 0 radical (unpaired) electrons. The van der Waals surface area contributed by atoms with Crippen molar-refractivity contribution in [2.24, 2.45) is 4.99 Å². The Morgan fingerprint density at radius 1 is 0.593 bits per heavy atom. The number of benzene rings is 6. The Morgan fingerprint density at radius 2 is 1.24 bits per heavy atom. The number of para-hydroxylation sites is 2. The number of fused-ring (bicyclic) bond motifs is 20. The standard InChI is InChI=1S/C48H29N5O/c1-5-16-36-31(10-1)32-11-2-6-17-37(32)48(36)38-18-7-3-13-35(38)43-39(48)26-40-45-51-27-41(53(45)47-46(52(40)43)49-24-25-50-47)29-22-20-28(21-23-29)30-14-9-15-34-33-12-4-8-19-42(33)54-44(30)34/h1-24,26-27,50H,25H2. The van der Waals surface area contributed by atoms with Crippen LogP contribution < -0.4 is 5.32 Å². The van der Waals surface area contributed by atoms with Gasteiger partial charge in [-0.3, -0.25) is 8.80 Å². The molecule has 6 nitrogen and oxygen atoms in total. The minimum Gasteiger partial charge on any atom is -0.455 e. The maximum Gasteiger partial charge on any atom is 0.179 e. The largest absolute Gasteiger partial charge is 0.455 e. The molecule has 0 saturated carbocycles. The van der Waals surface area contributed by atoms with Gasteiger partial charge in [0.05, 0.1) is 35.1 Å². The molecule has 10 aromatic rings. The predicted octanol–water partition coefficient (Wildman–Crippen LogP) is 11.3. The summed E-state index contributed by atoms with van der Waals surface area (Å²) in [4.78, 5) is 10.3. The molecule has 0 amide bonds. The molecule has 252 valence electrons. The lowest BCUT2D eigenvalue weighted by Crippen LogP contribution is -2.25. The SMILES string of the molecule is C1=Nc2c(n3c(-c4ccc(-c5cccc6c5oc5ccccc56)cc4)cnc3c3cc4c(n23)-c2ccccc2C42c3ccccc3-c3ccccc32)NC1. The highest BCUT2D eigenvalue weighted by molar-refractivity contribution is 6.09. The van der Waals surface area contributed by atoms with Gasteiger partial charge in [0.2, 0.25) is 0 Å². The minimum atomic E-state index is -0.450. The van der Waals surface area contributed by atoms with E-state index in [4.69, 9.17) is 14.4 Å². The van der Waals surface area contributed by atoms with E-state index in [0.717, 1.165) is 67.1 Å². The van der Waals surface area contributed by atoms with Crippen LogP contribution >= 0.6 is 0 Å². The Morgan fingerprint density at radius 3 is 2.04 bits per heavy atom. The van der Waals surface area contributed by atoms with E-state index in [-0.39, 0.29) is 0 Å². The van der Waals surface area contributed by atoms with Gasteiger partial charge in [-0.05, 0) is 51.1 Å². The van der Waals surface area contributed by atoms with Crippen LogP contribution in [0.1, 0.15) is 22.3 Å². The third-order valence-corrected chi connectivity index (χ3v) is 12.1. The van der Waals surface area contributed by atoms with E-state index in [2.05, 4.69) is 148 Å². The van der Waals surface area contributed by atoms with Gasteiger partial charge in [0.1, 0.15) is 11.2 Å². The quantitative estimate of drug-likeness (QED) is 0.196. The van der Waals surface area contributed by atoms with Crippen LogP contribution in [0.25, 0.3) is 77.9 Å². The molecule has 6 aromatic carbocycles. The molecule has 1 aliphatic heterocycles. The van der Waals surface area contributed by atoms with Crippen molar-refractivity contribution in [1.82, 2.24) is 13.8 Å². The molecule has 1 N–H and O–H groups in total. The summed E-state index contributed by atoms with van der Waals surface area (Å²) in [5.41, 5.74) is 17.8. The first-order valence-electron chi connectivity index (χ1n) is 18.5. The van der Waals surface area contributed by atoms with Gasteiger partial charge in [0.15, 0.2) is 17.3 Å². The van der Waals surface area contributed by atoms with Crippen molar-refractivity contribution in [3.8, 4) is 44.8 Å². The number of rotatable bonds is 2. The Hall–Kier alpha value is -7.18. The lowest BCUT2D eigenvalue weighted by molar-refractivity contribution is 0.670. The molecule has 1 spiro atoms. The van der Waals surface area contributed by atoms with E-state index in [9.17, 15) is 0 Å². The zero-order chi connectivity index (χ0) is 35.1. The molecule has 2 aliphatic carbocycles. The lowest BCUT2D eigenvalue weighted by atomic mass is 9.71. The smallest absolute Gasteiger partial charge is 0.179 e. The maximum atomic E-state index is 6.38. The van der Waals surface area contributed by atoms with Gasteiger partial charge in [-0.15, -0.1) is 0 Å². The Labute approximate surface area is 309 Å². The fourth-order valence-corrected chi connectivity index (χ4v) is 9.94. The second kappa shape index (κ2) is 10.0. The molecular weight excluding hydrogens is 663 g/mol. The number of imidazole rings is 1. The van der Waals surface area contributed by atoms with Gasteiger partial charge < -0.3 is 9.73 Å². The van der Waals surface area contributed by atoms with Crippen LogP contribution in [0.2, 0.25) is 0 Å². The number of nitrogens with one attached hydrogen (secondary N) is 1. The van der Waals surface area contributed by atoms with E-state index >= 15 is 0 Å². The molecule has 0 unspecified atom stereocenters. The van der Waals surface area contributed by atoms with Crippen LogP contribution in [0.3, 0.4) is 0 Å². The molecule has 0 atom stereocenters. The predicted molar refractivity (Wildman–Crippen MR) is 217 cm³/mol. The summed E-state index contributed by atoms with van der Waals surface area (Å²) in [6.45, 7) is 0.635. The fraction of sp³-hybridized carbons (Fsp3) is 0.0417. The summed E-state index contributed by atoms with van der Waals surface area (Å²) in [6, 6.07) is 52.6. The highest BCUT2D eigenvalue weighted by Gasteiger charge is 2.53. The Bertz CT molecular complexity index is 3240. The van der Waals surface area contributed by atoms with E-state index in [1.807, 2.05) is 24.5 Å².